The first kappa shape index (κ1) is 17.1. The van der Waals surface area contributed by atoms with Crippen molar-refractivity contribution in [2.24, 2.45) is 0 Å². The fourth-order valence-electron chi connectivity index (χ4n) is 2.82. The molecule has 3 aromatic rings. The lowest BCUT2D eigenvalue weighted by Crippen LogP contribution is -2.28. The van der Waals surface area contributed by atoms with Gasteiger partial charge in [0, 0.05) is 30.5 Å². The Morgan fingerprint density at radius 2 is 1.96 bits per heavy atom. The smallest absolute Gasteiger partial charge is 0.267 e. The molecular weight excluding hydrogens is 378 g/mol. The van der Waals surface area contributed by atoms with Crippen LogP contribution in [0.5, 0.6) is 0 Å². The Hall–Kier alpha value is -2.36. The molecule has 26 heavy (non-hydrogen) atoms. The number of hydrogen-bond donors (Lipinski definition) is 0. The van der Waals surface area contributed by atoms with E-state index in [1.165, 1.54) is 28.8 Å². The van der Waals surface area contributed by atoms with Crippen LogP contribution in [-0.4, -0.2) is 46.0 Å². The van der Waals surface area contributed by atoms with E-state index in [4.69, 9.17) is 16.0 Å². The first-order valence-corrected chi connectivity index (χ1v) is 9.71. The highest BCUT2D eigenvalue weighted by Gasteiger charge is 2.35. The van der Waals surface area contributed by atoms with Gasteiger partial charge in [-0.15, -0.1) is 10.2 Å². The summed E-state index contributed by atoms with van der Waals surface area (Å²) in [6.07, 6.45) is 5.23. The van der Waals surface area contributed by atoms with Crippen LogP contribution in [0, 0.1) is 0 Å². The number of hydrogen-bond acceptors (Lipinski definition) is 7. The Morgan fingerprint density at radius 3 is 2.69 bits per heavy atom. The van der Waals surface area contributed by atoms with Crippen LogP contribution in [0.3, 0.4) is 0 Å². The summed E-state index contributed by atoms with van der Waals surface area (Å²) in [7, 11) is -3.58. The summed E-state index contributed by atoms with van der Waals surface area (Å²) >= 11 is 5.83. The highest BCUT2D eigenvalue weighted by molar-refractivity contribution is 7.89. The minimum Gasteiger partial charge on any atom is -0.419 e. The molecule has 1 fully saturated rings. The van der Waals surface area contributed by atoms with Crippen LogP contribution in [0.1, 0.15) is 18.2 Å². The molecule has 0 saturated carbocycles. The third-order valence-electron chi connectivity index (χ3n) is 4.17. The second-order valence-corrected chi connectivity index (χ2v) is 8.21. The van der Waals surface area contributed by atoms with Crippen molar-refractivity contribution < 1.29 is 12.8 Å². The molecule has 0 amide bonds. The molecule has 1 saturated heterocycles. The zero-order chi connectivity index (χ0) is 18.1. The van der Waals surface area contributed by atoms with Gasteiger partial charge >= 0.3 is 0 Å². The van der Waals surface area contributed by atoms with Crippen molar-refractivity contribution in [3.8, 4) is 11.6 Å². The minimum atomic E-state index is -3.58. The van der Waals surface area contributed by atoms with Crippen molar-refractivity contribution >= 4 is 21.6 Å². The zero-order valence-electron chi connectivity index (χ0n) is 13.5. The van der Waals surface area contributed by atoms with E-state index in [2.05, 4.69) is 20.2 Å². The van der Waals surface area contributed by atoms with Gasteiger partial charge in [-0.3, -0.25) is 4.98 Å². The molecule has 0 radical (unpaired) electrons. The summed E-state index contributed by atoms with van der Waals surface area (Å²) in [5.41, 5.74) is 0.481. The van der Waals surface area contributed by atoms with E-state index in [1.54, 1.807) is 18.3 Å². The molecule has 1 atom stereocenters. The first-order chi connectivity index (χ1) is 12.5. The van der Waals surface area contributed by atoms with Gasteiger partial charge in [0.25, 0.3) is 5.89 Å². The number of halogens is 1. The van der Waals surface area contributed by atoms with E-state index in [-0.39, 0.29) is 23.2 Å². The molecule has 0 bridgehead atoms. The topological polar surface area (TPSA) is 102 Å². The Balaban J connectivity index is 1.52. The molecule has 8 nitrogen and oxygen atoms in total. The van der Waals surface area contributed by atoms with Crippen molar-refractivity contribution in [3.05, 3.63) is 53.8 Å². The molecule has 10 heteroatoms. The predicted octanol–water partition coefficient (Wildman–Crippen LogP) is 2.36. The van der Waals surface area contributed by atoms with E-state index < -0.39 is 10.0 Å². The maximum atomic E-state index is 12.7. The molecule has 1 aromatic carbocycles. The number of sulfonamides is 1. The van der Waals surface area contributed by atoms with E-state index in [9.17, 15) is 8.42 Å². The maximum absolute atomic E-state index is 12.7. The molecule has 134 valence electrons. The molecule has 0 spiro atoms. The molecule has 0 N–H and O–H groups in total. The Labute approximate surface area is 154 Å². The van der Waals surface area contributed by atoms with Crippen molar-refractivity contribution in [2.75, 3.05) is 13.1 Å². The van der Waals surface area contributed by atoms with Gasteiger partial charge in [0.2, 0.25) is 15.9 Å². The van der Waals surface area contributed by atoms with Gasteiger partial charge in [-0.2, -0.15) is 4.31 Å². The fraction of sp³-hybridized carbons (Fsp3) is 0.250. The normalized spacial score (nSPS) is 18.3. The molecule has 0 aliphatic carbocycles. The average molecular weight is 392 g/mol. The summed E-state index contributed by atoms with van der Waals surface area (Å²) in [4.78, 5) is 8.29. The van der Waals surface area contributed by atoms with E-state index in [0.29, 0.717) is 29.6 Å². The van der Waals surface area contributed by atoms with Gasteiger partial charge in [-0.05, 0) is 30.7 Å². The summed E-state index contributed by atoms with van der Waals surface area (Å²) < 4.78 is 32.6. The standard InChI is InChI=1S/C16H14ClN5O3S/c17-12-1-3-13(4-2-12)26(23,24)22-8-5-11(10-22)15-20-21-16(25-15)14-9-18-6-7-19-14/h1-4,6-7,9,11H,5,8,10H2/t11-/m0/s1. The largest absolute Gasteiger partial charge is 0.419 e. The Kier molecular flexibility index (Phi) is 4.43. The lowest BCUT2D eigenvalue weighted by Gasteiger charge is -2.16. The molecular formula is C16H14ClN5O3S. The summed E-state index contributed by atoms with van der Waals surface area (Å²) in [6.45, 7) is 0.672. The lowest BCUT2D eigenvalue weighted by molar-refractivity contribution is 0.439. The minimum absolute atomic E-state index is 0.157. The lowest BCUT2D eigenvalue weighted by atomic mass is 10.1. The van der Waals surface area contributed by atoms with Gasteiger partial charge in [-0.1, -0.05) is 11.6 Å². The molecule has 3 heterocycles. The summed E-state index contributed by atoms with van der Waals surface area (Å²) in [6, 6.07) is 6.13. The van der Waals surface area contributed by atoms with Crippen LogP contribution in [-0.2, 0) is 10.0 Å². The second-order valence-electron chi connectivity index (χ2n) is 5.84. The zero-order valence-corrected chi connectivity index (χ0v) is 15.1. The Morgan fingerprint density at radius 1 is 1.15 bits per heavy atom. The maximum Gasteiger partial charge on any atom is 0.267 e. The monoisotopic (exact) mass is 391 g/mol. The molecule has 2 aromatic heterocycles. The molecule has 1 aliphatic heterocycles. The molecule has 4 rings (SSSR count). The fourth-order valence-corrected chi connectivity index (χ4v) is 4.44. The summed E-state index contributed by atoms with van der Waals surface area (Å²) in [5, 5.41) is 8.53. The summed E-state index contributed by atoms with van der Waals surface area (Å²) in [5.74, 6) is 0.515. The first-order valence-electron chi connectivity index (χ1n) is 7.89. The van der Waals surface area contributed by atoms with Crippen LogP contribution in [0.4, 0.5) is 0 Å². The SMILES string of the molecule is O=S(=O)(c1ccc(Cl)cc1)N1CC[C@H](c2nnc(-c3cnccn3)o2)C1. The van der Waals surface area contributed by atoms with Crippen molar-refractivity contribution in [3.63, 3.8) is 0 Å². The van der Waals surface area contributed by atoms with Gasteiger partial charge in [-0.25, -0.2) is 13.4 Å². The predicted molar refractivity (Wildman–Crippen MR) is 92.9 cm³/mol. The van der Waals surface area contributed by atoms with Gasteiger partial charge < -0.3 is 4.42 Å². The molecule has 1 aliphatic rings. The van der Waals surface area contributed by atoms with Gasteiger partial charge in [0.05, 0.1) is 17.0 Å². The average Bonchev–Trinajstić information content (AvgIpc) is 3.33. The molecule has 0 unspecified atom stereocenters. The van der Waals surface area contributed by atoms with E-state index >= 15 is 0 Å². The van der Waals surface area contributed by atoms with Crippen molar-refractivity contribution in [1.29, 1.82) is 0 Å². The Bertz CT molecular complexity index is 1010. The van der Waals surface area contributed by atoms with Crippen molar-refractivity contribution in [1.82, 2.24) is 24.5 Å². The van der Waals surface area contributed by atoms with E-state index in [0.717, 1.165) is 0 Å². The van der Waals surface area contributed by atoms with Crippen LogP contribution in [0.15, 0.2) is 52.2 Å². The third-order valence-corrected chi connectivity index (χ3v) is 6.31. The number of benzene rings is 1. The van der Waals surface area contributed by atoms with Crippen LogP contribution in [0.25, 0.3) is 11.6 Å². The van der Waals surface area contributed by atoms with Gasteiger partial charge in [0.15, 0.2) is 0 Å². The highest BCUT2D eigenvalue weighted by atomic mass is 35.5. The van der Waals surface area contributed by atoms with E-state index in [1.807, 2.05) is 0 Å². The third kappa shape index (κ3) is 3.20. The van der Waals surface area contributed by atoms with Crippen LogP contribution in [0.2, 0.25) is 5.02 Å². The second kappa shape index (κ2) is 6.75. The van der Waals surface area contributed by atoms with Crippen LogP contribution < -0.4 is 0 Å². The quantitative estimate of drug-likeness (QED) is 0.672. The number of nitrogens with zero attached hydrogens (tertiary/aromatic N) is 5. The van der Waals surface area contributed by atoms with Crippen molar-refractivity contribution in [2.45, 2.75) is 17.2 Å². The van der Waals surface area contributed by atoms with Crippen LogP contribution >= 0.6 is 11.6 Å². The highest BCUT2D eigenvalue weighted by Crippen LogP contribution is 2.31. The number of aromatic nitrogens is 4. The number of rotatable bonds is 4. The van der Waals surface area contributed by atoms with Gasteiger partial charge in [0.1, 0.15) is 5.69 Å².